The molecule has 0 amide bonds. The molecule has 0 heterocycles. The average molecular weight is 829 g/mol. The molecule has 0 saturated heterocycles. The minimum absolute atomic E-state index is 0.0807. The topological polar surface area (TPSA) is 78.9 Å². The van der Waals surface area contributed by atoms with Crippen molar-refractivity contribution < 1.29 is 28.6 Å². The maximum Gasteiger partial charge on any atom is 0.306 e. The number of rotatable bonds is 46. The second kappa shape index (κ2) is 48.3. The second-order valence-corrected chi connectivity index (χ2v) is 17.1. The van der Waals surface area contributed by atoms with Crippen LogP contribution in [0.1, 0.15) is 265 Å². The van der Waals surface area contributed by atoms with Crippen molar-refractivity contribution in [2.75, 3.05) is 13.2 Å². The van der Waals surface area contributed by atoms with Crippen molar-refractivity contribution in [3.63, 3.8) is 0 Å². The molecule has 0 radical (unpaired) electrons. The number of hydrogen-bond acceptors (Lipinski definition) is 6. The van der Waals surface area contributed by atoms with Crippen LogP contribution in [-0.4, -0.2) is 37.2 Å². The lowest BCUT2D eigenvalue weighted by Gasteiger charge is -2.18. The SMILES string of the molecule is CC/C=C\C/C=C\C/C=C\CCCCCC(=O)OC(COC(=O)CCCCCCCCC)COC(=O)CCCCCCCCCCCCCCCCCCCCCCC. The summed E-state index contributed by atoms with van der Waals surface area (Å²) in [6.07, 6.45) is 55.9. The summed E-state index contributed by atoms with van der Waals surface area (Å²) < 4.78 is 16.7. The van der Waals surface area contributed by atoms with Crippen LogP contribution >= 0.6 is 0 Å². The summed E-state index contributed by atoms with van der Waals surface area (Å²) in [5.74, 6) is -0.908. The van der Waals surface area contributed by atoms with Crippen LogP contribution in [0.2, 0.25) is 0 Å². The van der Waals surface area contributed by atoms with Crippen LogP contribution in [0.3, 0.4) is 0 Å². The summed E-state index contributed by atoms with van der Waals surface area (Å²) in [7, 11) is 0. The summed E-state index contributed by atoms with van der Waals surface area (Å²) in [6, 6.07) is 0. The Morgan fingerprint density at radius 3 is 1.03 bits per heavy atom. The molecule has 0 bridgehead atoms. The molecule has 0 aromatic rings. The van der Waals surface area contributed by atoms with Gasteiger partial charge < -0.3 is 14.2 Å². The third kappa shape index (κ3) is 46.5. The number of carbonyl (C=O) groups is 3. The van der Waals surface area contributed by atoms with E-state index >= 15 is 0 Å². The molecule has 1 atom stereocenters. The van der Waals surface area contributed by atoms with E-state index in [0.717, 1.165) is 83.5 Å². The molecule has 0 aromatic heterocycles. The van der Waals surface area contributed by atoms with Gasteiger partial charge in [0.1, 0.15) is 13.2 Å². The highest BCUT2D eigenvalue weighted by molar-refractivity contribution is 5.71. The van der Waals surface area contributed by atoms with Gasteiger partial charge in [0, 0.05) is 19.3 Å². The van der Waals surface area contributed by atoms with Crippen molar-refractivity contribution >= 4 is 17.9 Å². The molecule has 0 aromatic carbocycles. The molecular weight excluding hydrogens is 733 g/mol. The highest BCUT2D eigenvalue weighted by Crippen LogP contribution is 2.16. The molecule has 59 heavy (non-hydrogen) atoms. The fourth-order valence-electron chi connectivity index (χ4n) is 7.34. The largest absolute Gasteiger partial charge is 0.462 e. The molecule has 6 nitrogen and oxygen atoms in total. The van der Waals surface area contributed by atoms with Gasteiger partial charge in [-0.2, -0.15) is 0 Å². The minimum Gasteiger partial charge on any atom is -0.462 e. The second-order valence-electron chi connectivity index (χ2n) is 17.1. The van der Waals surface area contributed by atoms with Crippen LogP contribution in [-0.2, 0) is 28.6 Å². The Bertz CT molecular complexity index is 1000. The summed E-state index contributed by atoms with van der Waals surface area (Å²) in [5, 5.41) is 0. The zero-order chi connectivity index (χ0) is 43.0. The number of unbranched alkanes of at least 4 members (excludes halogenated alkanes) is 29. The zero-order valence-corrected chi connectivity index (χ0v) is 39.3. The van der Waals surface area contributed by atoms with E-state index < -0.39 is 6.10 Å². The van der Waals surface area contributed by atoms with E-state index in [-0.39, 0.29) is 31.1 Å². The Balaban J connectivity index is 4.18. The van der Waals surface area contributed by atoms with E-state index in [9.17, 15) is 14.4 Å². The van der Waals surface area contributed by atoms with E-state index in [2.05, 4.69) is 57.2 Å². The van der Waals surface area contributed by atoms with Gasteiger partial charge in [0.2, 0.25) is 0 Å². The molecule has 0 saturated carbocycles. The standard InChI is InChI=1S/C53H96O6/c1-4-7-10-13-16-18-20-22-23-24-25-26-27-28-29-31-32-34-37-40-43-46-52(55)58-49-50(48-57-51(54)45-42-39-36-15-12-9-6-3)59-53(56)47-44-41-38-35-33-30-21-19-17-14-11-8-5-2/h8,11,17,19,30,33,50H,4-7,9-10,12-16,18,20-29,31-32,34-49H2,1-3H3/b11-8-,19-17-,33-30-. The Hall–Kier alpha value is -2.37. The van der Waals surface area contributed by atoms with Gasteiger partial charge in [0.15, 0.2) is 6.10 Å². The van der Waals surface area contributed by atoms with Gasteiger partial charge in [0.25, 0.3) is 0 Å². The van der Waals surface area contributed by atoms with Crippen LogP contribution in [0, 0.1) is 0 Å². The highest BCUT2D eigenvalue weighted by Gasteiger charge is 2.19. The van der Waals surface area contributed by atoms with Crippen molar-refractivity contribution in [3.8, 4) is 0 Å². The maximum atomic E-state index is 12.7. The van der Waals surface area contributed by atoms with E-state index in [1.54, 1.807) is 0 Å². The molecule has 6 heteroatoms. The fraction of sp³-hybridized carbons (Fsp3) is 0.830. The smallest absolute Gasteiger partial charge is 0.306 e. The zero-order valence-electron chi connectivity index (χ0n) is 39.3. The van der Waals surface area contributed by atoms with Gasteiger partial charge in [-0.05, 0) is 51.4 Å². The third-order valence-electron chi connectivity index (χ3n) is 11.2. The Morgan fingerprint density at radius 1 is 0.356 bits per heavy atom. The first-order valence-electron chi connectivity index (χ1n) is 25.5. The first-order valence-corrected chi connectivity index (χ1v) is 25.5. The predicted octanol–water partition coefficient (Wildman–Crippen LogP) is 16.5. The van der Waals surface area contributed by atoms with Crippen molar-refractivity contribution in [1.82, 2.24) is 0 Å². The van der Waals surface area contributed by atoms with E-state index in [1.807, 2.05) is 0 Å². The molecule has 344 valence electrons. The summed E-state index contributed by atoms with van der Waals surface area (Å²) in [6.45, 7) is 6.48. The monoisotopic (exact) mass is 829 g/mol. The van der Waals surface area contributed by atoms with Crippen LogP contribution in [0.25, 0.3) is 0 Å². The molecule has 0 aliphatic rings. The lowest BCUT2D eigenvalue weighted by atomic mass is 10.0. The molecule has 0 N–H and O–H groups in total. The van der Waals surface area contributed by atoms with Crippen LogP contribution in [0.5, 0.6) is 0 Å². The van der Waals surface area contributed by atoms with Crippen molar-refractivity contribution in [3.05, 3.63) is 36.5 Å². The molecule has 0 fully saturated rings. The summed E-state index contributed by atoms with van der Waals surface area (Å²) in [5.41, 5.74) is 0. The van der Waals surface area contributed by atoms with Crippen molar-refractivity contribution in [1.29, 1.82) is 0 Å². The van der Waals surface area contributed by atoms with Gasteiger partial charge in [-0.25, -0.2) is 0 Å². The Morgan fingerprint density at radius 2 is 0.661 bits per heavy atom. The predicted molar refractivity (Wildman–Crippen MR) is 252 cm³/mol. The normalized spacial score (nSPS) is 12.3. The maximum absolute atomic E-state index is 12.7. The van der Waals surface area contributed by atoms with Gasteiger partial charge in [-0.3, -0.25) is 14.4 Å². The van der Waals surface area contributed by atoms with E-state index in [1.165, 1.54) is 141 Å². The molecule has 0 rings (SSSR count). The van der Waals surface area contributed by atoms with E-state index in [0.29, 0.717) is 19.3 Å². The summed E-state index contributed by atoms with van der Waals surface area (Å²) in [4.78, 5) is 37.7. The van der Waals surface area contributed by atoms with Gasteiger partial charge in [-0.15, -0.1) is 0 Å². The van der Waals surface area contributed by atoms with Gasteiger partial charge in [-0.1, -0.05) is 231 Å². The molecule has 0 aliphatic heterocycles. The van der Waals surface area contributed by atoms with Gasteiger partial charge >= 0.3 is 17.9 Å². The number of carbonyl (C=O) groups excluding carboxylic acids is 3. The number of esters is 3. The highest BCUT2D eigenvalue weighted by atomic mass is 16.6. The molecular formula is C53H96O6. The van der Waals surface area contributed by atoms with Crippen molar-refractivity contribution in [2.45, 2.75) is 271 Å². The third-order valence-corrected chi connectivity index (χ3v) is 11.2. The lowest BCUT2D eigenvalue weighted by molar-refractivity contribution is -0.167. The molecule has 0 aliphatic carbocycles. The quantitative estimate of drug-likeness (QED) is 0.0263. The van der Waals surface area contributed by atoms with Crippen LogP contribution in [0.4, 0.5) is 0 Å². The fourth-order valence-corrected chi connectivity index (χ4v) is 7.34. The van der Waals surface area contributed by atoms with Crippen LogP contribution < -0.4 is 0 Å². The van der Waals surface area contributed by atoms with Crippen LogP contribution in [0.15, 0.2) is 36.5 Å². The minimum atomic E-state index is -0.780. The number of ether oxygens (including phenoxy) is 3. The Kier molecular flexibility index (Phi) is 46.4. The first-order chi connectivity index (χ1) is 29.0. The number of hydrogen-bond donors (Lipinski definition) is 0. The van der Waals surface area contributed by atoms with E-state index in [4.69, 9.17) is 14.2 Å². The molecule has 1 unspecified atom stereocenters. The lowest BCUT2D eigenvalue weighted by Crippen LogP contribution is -2.30. The van der Waals surface area contributed by atoms with Gasteiger partial charge in [0.05, 0.1) is 0 Å². The average Bonchev–Trinajstić information content (AvgIpc) is 3.23. The van der Waals surface area contributed by atoms with Crippen molar-refractivity contribution in [2.24, 2.45) is 0 Å². The Labute approximate surface area is 365 Å². The molecule has 0 spiro atoms. The summed E-state index contributed by atoms with van der Waals surface area (Å²) >= 11 is 0. The number of allylic oxidation sites excluding steroid dienone is 6. The first kappa shape index (κ1) is 56.6.